The zero-order valence-corrected chi connectivity index (χ0v) is 12.7. The van der Waals surface area contributed by atoms with Crippen molar-refractivity contribution in [3.05, 3.63) is 30.1 Å². The molecule has 110 valence electrons. The van der Waals surface area contributed by atoms with Crippen molar-refractivity contribution < 1.29 is 4.79 Å². The van der Waals surface area contributed by atoms with Gasteiger partial charge in [-0.3, -0.25) is 14.4 Å². The molecule has 5 nitrogen and oxygen atoms in total. The smallest absolute Gasteiger partial charge is 0.230 e. The van der Waals surface area contributed by atoms with Gasteiger partial charge in [0.1, 0.15) is 5.82 Å². The Balaban J connectivity index is 2.02. The molecule has 21 heavy (non-hydrogen) atoms. The fourth-order valence-electron chi connectivity index (χ4n) is 2.68. The van der Waals surface area contributed by atoms with E-state index in [0.717, 1.165) is 42.0 Å². The van der Waals surface area contributed by atoms with Crippen molar-refractivity contribution in [2.75, 3.05) is 11.4 Å². The number of nitrogens with zero attached hydrogens (tertiary/aromatic N) is 4. The molecule has 0 fully saturated rings. The summed E-state index contributed by atoms with van der Waals surface area (Å²) in [5, 5.41) is 4.18. The molecule has 0 aromatic carbocycles. The monoisotopic (exact) mass is 284 g/mol. The van der Waals surface area contributed by atoms with Crippen LogP contribution in [0.25, 0.3) is 11.3 Å². The summed E-state index contributed by atoms with van der Waals surface area (Å²) in [6.07, 6.45) is 5.72. The Morgan fingerprint density at radius 3 is 2.81 bits per heavy atom. The molecule has 0 unspecified atom stereocenters. The third kappa shape index (κ3) is 2.55. The molecule has 0 N–H and O–H groups in total. The van der Waals surface area contributed by atoms with Crippen molar-refractivity contribution in [3.8, 4) is 11.3 Å². The van der Waals surface area contributed by atoms with Crippen LogP contribution in [0.3, 0.4) is 0 Å². The SMILES string of the molecule is CC(C)C(=O)N1CCCc2ccc(-c3cnn(C)c3)nc21. The first-order chi connectivity index (χ1) is 10.1. The average Bonchev–Trinajstić information content (AvgIpc) is 2.92. The Labute approximate surface area is 124 Å². The molecule has 2 aromatic heterocycles. The number of anilines is 1. The van der Waals surface area contributed by atoms with Gasteiger partial charge in [0.05, 0.1) is 11.9 Å². The number of amides is 1. The van der Waals surface area contributed by atoms with Crippen molar-refractivity contribution >= 4 is 11.7 Å². The summed E-state index contributed by atoms with van der Waals surface area (Å²) in [5.41, 5.74) is 3.00. The van der Waals surface area contributed by atoms with Gasteiger partial charge in [-0.1, -0.05) is 19.9 Å². The lowest BCUT2D eigenvalue weighted by atomic mass is 10.0. The topological polar surface area (TPSA) is 51.0 Å². The summed E-state index contributed by atoms with van der Waals surface area (Å²) in [6, 6.07) is 4.10. The fourth-order valence-corrected chi connectivity index (χ4v) is 2.68. The van der Waals surface area contributed by atoms with Crippen molar-refractivity contribution in [1.29, 1.82) is 0 Å². The summed E-state index contributed by atoms with van der Waals surface area (Å²) in [4.78, 5) is 19.0. The number of fused-ring (bicyclic) bond motifs is 1. The van der Waals surface area contributed by atoms with Crippen LogP contribution in [0.2, 0.25) is 0 Å². The van der Waals surface area contributed by atoms with E-state index in [4.69, 9.17) is 4.98 Å². The summed E-state index contributed by atoms with van der Waals surface area (Å²) < 4.78 is 1.76. The molecule has 1 aliphatic heterocycles. The summed E-state index contributed by atoms with van der Waals surface area (Å²) in [5.74, 6) is 0.952. The van der Waals surface area contributed by atoms with Gasteiger partial charge in [-0.25, -0.2) is 4.98 Å². The predicted molar refractivity (Wildman–Crippen MR) is 82.0 cm³/mol. The normalized spacial score (nSPS) is 14.4. The molecule has 2 aromatic rings. The number of hydrogen-bond acceptors (Lipinski definition) is 3. The molecule has 3 rings (SSSR count). The van der Waals surface area contributed by atoms with Crippen molar-refractivity contribution in [2.45, 2.75) is 26.7 Å². The second-order valence-corrected chi connectivity index (χ2v) is 5.83. The van der Waals surface area contributed by atoms with E-state index in [1.807, 2.05) is 38.1 Å². The lowest BCUT2D eigenvalue weighted by Gasteiger charge is -2.30. The summed E-state index contributed by atoms with van der Waals surface area (Å²) in [6.45, 7) is 4.62. The van der Waals surface area contributed by atoms with Crippen LogP contribution in [-0.4, -0.2) is 27.2 Å². The predicted octanol–water partition coefficient (Wildman–Crippen LogP) is 2.42. The number of aromatic nitrogens is 3. The van der Waals surface area contributed by atoms with E-state index >= 15 is 0 Å². The number of rotatable bonds is 2. The van der Waals surface area contributed by atoms with Crippen LogP contribution in [0.5, 0.6) is 0 Å². The maximum atomic E-state index is 12.4. The molecule has 5 heteroatoms. The van der Waals surface area contributed by atoms with Gasteiger partial charge in [-0.15, -0.1) is 0 Å². The Bertz CT molecular complexity index is 675. The second-order valence-electron chi connectivity index (χ2n) is 5.83. The maximum absolute atomic E-state index is 12.4. The molecule has 1 amide bonds. The Kier molecular flexibility index (Phi) is 3.49. The summed E-state index contributed by atoms with van der Waals surface area (Å²) in [7, 11) is 1.89. The van der Waals surface area contributed by atoms with E-state index in [2.05, 4.69) is 11.2 Å². The highest BCUT2D eigenvalue weighted by Gasteiger charge is 2.26. The minimum Gasteiger partial charge on any atom is -0.296 e. The standard InChI is InChI=1S/C16H20N4O/c1-11(2)16(21)20-8-4-5-12-6-7-14(18-15(12)20)13-9-17-19(3)10-13/h6-7,9-11H,4-5,8H2,1-3H3. The minimum absolute atomic E-state index is 0.0141. The van der Waals surface area contributed by atoms with Gasteiger partial charge in [0.2, 0.25) is 5.91 Å². The number of aryl methyl sites for hydroxylation is 2. The Hall–Kier alpha value is -2.17. The first-order valence-corrected chi connectivity index (χ1v) is 7.36. The highest BCUT2D eigenvalue weighted by Crippen LogP contribution is 2.29. The summed E-state index contributed by atoms with van der Waals surface area (Å²) >= 11 is 0. The number of pyridine rings is 1. The van der Waals surface area contributed by atoms with Crippen LogP contribution in [0.15, 0.2) is 24.5 Å². The van der Waals surface area contributed by atoms with E-state index in [9.17, 15) is 4.79 Å². The van der Waals surface area contributed by atoms with Gasteiger partial charge in [-0.05, 0) is 24.5 Å². The van der Waals surface area contributed by atoms with Crippen LogP contribution in [0.1, 0.15) is 25.8 Å². The molecule has 0 saturated carbocycles. The molecule has 0 atom stereocenters. The van der Waals surface area contributed by atoms with E-state index in [-0.39, 0.29) is 11.8 Å². The molecule has 0 bridgehead atoms. The van der Waals surface area contributed by atoms with Gasteiger partial charge < -0.3 is 0 Å². The number of carbonyl (C=O) groups excluding carboxylic acids is 1. The van der Waals surface area contributed by atoms with Crippen molar-refractivity contribution in [2.24, 2.45) is 13.0 Å². The van der Waals surface area contributed by atoms with Crippen molar-refractivity contribution in [3.63, 3.8) is 0 Å². The number of carbonyl (C=O) groups is 1. The maximum Gasteiger partial charge on any atom is 0.230 e. The van der Waals surface area contributed by atoms with Crippen molar-refractivity contribution in [1.82, 2.24) is 14.8 Å². The first-order valence-electron chi connectivity index (χ1n) is 7.36. The molecule has 3 heterocycles. The van der Waals surface area contributed by atoms with E-state index in [1.54, 1.807) is 10.9 Å². The van der Waals surface area contributed by atoms with Gasteiger partial charge in [0.25, 0.3) is 0 Å². The average molecular weight is 284 g/mol. The molecular formula is C16H20N4O. The second kappa shape index (κ2) is 5.31. The minimum atomic E-state index is -0.0141. The van der Waals surface area contributed by atoms with Gasteiger partial charge >= 0.3 is 0 Å². The first kappa shape index (κ1) is 13.8. The highest BCUT2D eigenvalue weighted by atomic mass is 16.2. The van der Waals surface area contributed by atoms with Gasteiger partial charge in [0.15, 0.2) is 0 Å². The molecular weight excluding hydrogens is 264 g/mol. The zero-order valence-electron chi connectivity index (χ0n) is 12.7. The lowest BCUT2D eigenvalue weighted by Crippen LogP contribution is -2.38. The molecule has 1 aliphatic rings. The zero-order chi connectivity index (χ0) is 15.0. The van der Waals surface area contributed by atoms with Crippen LogP contribution in [0.4, 0.5) is 5.82 Å². The van der Waals surface area contributed by atoms with Crippen LogP contribution >= 0.6 is 0 Å². The van der Waals surface area contributed by atoms with E-state index in [1.165, 1.54) is 0 Å². The van der Waals surface area contributed by atoms with Crippen LogP contribution < -0.4 is 4.90 Å². The third-order valence-electron chi connectivity index (χ3n) is 3.80. The van der Waals surface area contributed by atoms with Crippen LogP contribution in [0, 0.1) is 5.92 Å². The highest BCUT2D eigenvalue weighted by molar-refractivity contribution is 5.95. The fraction of sp³-hybridized carbons (Fsp3) is 0.438. The molecule has 0 saturated heterocycles. The molecule has 0 spiro atoms. The molecule has 0 radical (unpaired) electrons. The van der Waals surface area contributed by atoms with E-state index < -0.39 is 0 Å². The quantitative estimate of drug-likeness (QED) is 0.851. The largest absolute Gasteiger partial charge is 0.296 e. The Morgan fingerprint density at radius 2 is 2.14 bits per heavy atom. The molecule has 0 aliphatic carbocycles. The third-order valence-corrected chi connectivity index (χ3v) is 3.80. The van der Waals surface area contributed by atoms with E-state index in [0.29, 0.717) is 0 Å². The van der Waals surface area contributed by atoms with Gasteiger partial charge in [-0.2, -0.15) is 5.10 Å². The van der Waals surface area contributed by atoms with Gasteiger partial charge in [0, 0.05) is 31.3 Å². The Morgan fingerprint density at radius 1 is 1.33 bits per heavy atom. The lowest BCUT2D eigenvalue weighted by molar-refractivity contribution is -0.121. The number of hydrogen-bond donors (Lipinski definition) is 0. The van der Waals surface area contributed by atoms with Crippen LogP contribution in [-0.2, 0) is 18.3 Å².